The zero-order valence-electron chi connectivity index (χ0n) is 21.8. The van der Waals surface area contributed by atoms with E-state index in [2.05, 4.69) is 16.0 Å². The molecule has 2 heterocycles. The highest BCUT2D eigenvalue weighted by molar-refractivity contribution is 6.02. The second kappa shape index (κ2) is 11.2. The number of rotatable bonds is 6. The van der Waals surface area contributed by atoms with Gasteiger partial charge in [0.1, 0.15) is 11.1 Å². The maximum absolute atomic E-state index is 13.6. The standard InChI is InChI=1S/C29H32N4O6/c1-38-28(37)31-20-10-4-5-11-22(20)33-16-13-21(23(34)18-33)30-27(36)29(14-7-2-8-15-29)32-26(35)25-17-19-9-3-6-12-24(19)39-25/h3-6,9-12,17,21H,2,7-8,13-16,18H2,1H3,(H,30,36)(H,31,37)(H,32,35). The summed E-state index contributed by atoms with van der Waals surface area (Å²) >= 11 is 0. The van der Waals surface area contributed by atoms with Crippen LogP contribution in [0.3, 0.4) is 0 Å². The molecule has 1 aliphatic heterocycles. The van der Waals surface area contributed by atoms with Crippen LogP contribution in [0.25, 0.3) is 11.0 Å². The molecule has 2 fully saturated rings. The Kier molecular flexibility index (Phi) is 7.53. The molecule has 3 N–H and O–H groups in total. The number of methoxy groups -OCH3 is 1. The van der Waals surface area contributed by atoms with E-state index in [0.29, 0.717) is 42.8 Å². The quantitative estimate of drug-likeness (QED) is 0.437. The average Bonchev–Trinajstić information content (AvgIpc) is 3.39. The van der Waals surface area contributed by atoms with Crippen molar-refractivity contribution >= 4 is 46.0 Å². The molecule has 1 saturated heterocycles. The minimum absolute atomic E-state index is 0.0726. The average molecular weight is 533 g/mol. The smallest absolute Gasteiger partial charge is 0.411 e. The van der Waals surface area contributed by atoms with Gasteiger partial charge < -0.3 is 24.7 Å². The van der Waals surface area contributed by atoms with Crippen LogP contribution in [0, 0.1) is 0 Å². The molecule has 0 bridgehead atoms. The normalized spacial score (nSPS) is 18.8. The van der Waals surface area contributed by atoms with Crippen LogP contribution in [0.2, 0.25) is 0 Å². The third-order valence-corrected chi connectivity index (χ3v) is 7.54. The van der Waals surface area contributed by atoms with E-state index >= 15 is 0 Å². The third-order valence-electron chi connectivity index (χ3n) is 7.54. The fourth-order valence-electron chi connectivity index (χ4n) is 5.43. The Labute approximate surface area is 226 Å². The van der Waals surface area contributed by atoms with Gasteiger partial charge in [0.25, 0.3) is 5.91 Å². The van der Waals surface area contributed by atoms with Crippen LogP contribution in [-0.2, 0) is 14.3 Å². The Hall–Kier alpha value is -4.34. The fraction of sp³-hybridized carbons (Fsp3) is 0.379. The molecule has 3 aromatic rings. The molecule has 1 aromatic heterocycles. The van der Waals surface area contributed by atoms with Crippen molar-refractivity contribution in [2.75, 3.05) is 30.4 Å². The number of anilines is 2. The van der Waals surface area contributed by atoms with Crippen molar-refractivity contribution < 1.29 is 28.3 Å². The van der Waals surface area contributed by atoms with Crippen LogP contribution in [0.4, 0.5) is 16.2 Å². The van der Waals surface area contributed by atoms with Crippen molar-refractivity contribution in [2.45, 2.75) is 50.1 Å². The molecule has 5 rings (SSSR count). The first-order valence-electron chi connectivity index (χ1n) is 13.2. The Balaban J connectivity index is 1.27. The number of piperidine rings is 1. The predicted molar refractivity (Wildman–Crippen MR) is 146 cm³/mol. The summed E-state index contributed by atoms with van der Waals surface area (Å²) in [5, 5.41) is 9.38. The summed E-state index contributed by atoms with van der Waals surface area (Å²) in [6.07, 6.45) is 3.35. The lowest BCUT2D eigenvalue weighted by Crippen LogP contribution is -2.63. The van der Waals surface area contributed by atoms with Crippen molar-refractivity contribution in [3.63, 3.8) is 0 Å². The van der Waals surface area contributed by atoms with Gasteiger partial charge in [-0.2, -0.15) is 0 Å². The highest BCUT2D eigenvalue weighted by atomic mass is 16.5. The number of ether oxygens (including phenoxy) is 1. The van der Waals surface area contributed by atoms with Gasteiger partial charge in [-0.3, -0.25) is 19.7 Å². The van der Waals surface area contributed by atoms with E-state index < -0.39 is 23.6 Å². The first kappa shape index (κ1) is 26.3. The van der Waals surface area contributed by atoms with Crippen molar-refractivity contribution in [3.8, 4) is 0 Å². The largest absolute Gasteiger partial charge is 0.453 e. The second-order valence-corrected chi connectivity index (χ2v) is 10.1. The summed E-state index contributed by atoms with van der Waals surface area (Å²) < 4.78 is 10.4. The first-order valence-corrected chi connectivity index (χ1v) is 13.2. The monoisotopic (exact) mass is 532 g/mol. The van der Waals surface area contributed by atoms with Gasteiger partial charge in [-0.05, 0) is 43.5 Å². The maximum atomic E-state index is 13.6. The number of hydrogen-bond acceptors (Lipinski definition) is 7. The van der Waals surface area contributed by atoms with Gasteiger partial charge in [-0.1, -0.05) is 49.6 Å². The van der Waals surface area contributed by atoms with Crippen molar-refractivity contribution in [1.29, 1.82) is 0 Å². The number of nitrogens with one attached hydrogen (secondary N) is 3. The summed E-state index contributed by atoms with van der Waals surface area (Å²) in [4.78, 5) is 53.6. The molecule has 39 heavy (non-hydrogen) atoms. The molecular weight excluding hydrogens is 500 g/mol. The van der Waals surface area contributed by atoms with E-state index in [1.54, 1.807) is 24.3 Å². The number of ketones is 1. The number of furan rings is 1. The van der Waals surface area contributed by atoms with E-state index in [1.165, 1.54) is 7.11 Å². The molecule has 0 radical (unpaired) electrons. The molecule has 1 saturated carbocycles. The van der Waals surface area contributed by atoms with Crippen molar-refractivity contribution in [2.24, 2.45) is 0 Å². The molecular formula is C29H32N4O6. The number of hydrogen-bond donors (Lipinski definition) is 3. The van der Waals surface area contributed by atoms with Gasteiger partial charge in [0.05, 0.1) is 31.1 Å². The summed E-state index contributed by atoms with van der Waals surface area (Å²) in [5.74, 6) is -0.778. The molecule has 10 nitrogen and oxygen atoms in total. The SMILES string of the molecule is COC(=O)Nc1ccccc1N1CCC(NC(=O)C2(NC(=O)c3cc4ccccc4o3)CCCCC2)C(=O)C1. The zero-order valence-corrected chi connectivity index (χ0v) is 21.8. The number of carbonyl (C=O) groups is 4. The number of carbonyl (C=O) groups excluding carboxylic acids is 4. The zero-order chi connectivity index (χ0) is 27.4. The molecule has 2 aromatic carbocycles. The van der Waals surface area contributed by atoms with E-state index in [4.69, 9.17) is 9.15 Å². The van der Waals surface area contributed by atoms with Crippen LogP contribution >= 0.6 is 0 Å². The summed E-state index contributed by atoms with van der Waals surface area (Å²) in [6, 6.07) is 15.5. The first-order chi connectivity index (χ1) is 18.9. The molecule has 1 aliphatic carbocycles. The minimum atomic E-state index is -1.11. The molecule has 10 heteroatoms. The van der Waals surface area contributed by atoms with Gasteiger partial charge in [0, 0.05) is 11.9 Å². The third kappa shape index (κ3) is 5.59. The lowest BCUT2D eigenvalue weighted by atomic mass is 9.80. The molecule has 2 aliphatic rings. The van der Waals surface area contributed by atoms with Crippen LogP contribution in [0.5, 0.6) is 0 Å². The van der Waals surface area contributed by atoms with Gasteiger partial charge in [-0.25, -0.2) is 4.79 Å². The van der Waals surface area contributed by atoms with Gasteiger partial charge in [-0.15, -0.1) is 0 Å². The molecule has 3 amide bonds. The predicted octanol–water partition coefficient (Wildman–Crippen LogP) is 4.01. The van der Waals surface area contributed by atoms with E-state index in [-0.39, 0.29) is 24.0 Å². The number of nitrogens with zero attached hydrogens (tertiary/aromatic N) is 1. The number of benzene rings is 2. The summed E-state index contributed by atoms with van der Waals surface area (Å²) in [5.41, 5.74) is 0.727. The molecule has 204 valence electrons. The van der Waals surface area contributed by atoms with Gasteiger partial charge >= 0.3 is 6.09 Å². The number of Topliss-reactive ketones (excluding diaryl/α,β-unsaturated/α-hetero) is 1. The van der Waals surface area contributed by atoms with E-state index in [1.807, 2.05) is 35.2 Å². The maximum Gasteiger partial charge on any atom is 0.411 e. The Morgan fingerprint density at radius 1 is 1.03 bits per heavy atom. The van der Waals surface area contributed by atoms with Gasteiger partial charge in [0.15, 0.2) is 11.5 Å². The van der Waals surface area contributed by atoms with Crippen molar-refractivity contribution in [3.05, 3.63) is 60.4 Å². The number of amides is 3. The molecule has 1 unspecified atom stereocenters. The van der Waals surface area contributed by atoms with Crippen molar-refractivity contribution in [1.82, 2.24) is 10.6 Å². The topological polar surface area (TPSA) is 130 Å². The Bertz CT molecular complexity index is 1360. The number of para-hydroxylation sites is 3. The van der Waals surface area contributed by atoms with E-state index in [0.717, 1.165) is 24.6 Å². The molecule has 0 spiro atoms. The van der Waals surface area contributed by atoms with Crippen LogP contribution in [-0.4, -0.2) is 55.5 Å². The van der Waals surface area contributed by atoms with Gasteiger partial charge in [0.2, 0.25) is 5.91 Å². The lowest BCUT2D eigenvalue weighted by Gasteiger charge is -2.39. The highest BCUT2D eigenvalue weighted by Gasteiger charge is 2.43. The Morgan fingerprint density at radius 2 is 1.77 bits per heavy atom. The molecule has 1 atom stereocenters. The van der Waals surface area contributed by atoms with Crippen LogP contribution in [0.1, 0.15) is 49.1 Å². The second-order valence-electron chi connectivity index (χ2n) is 10.1. The van der Waals surface area contributed by atoms with Crippen LogP contribution in [0.15, 0.2) is 59.0 Å². The minimum Gasteiger partial charge on any atom is -0.453 e. The lowest BCUT2D eigenvalue weighted by molar-refractivity contribution is -0.133. The van der Waals surface area contributed by atoms with E-state index in [9.17, 15) is 19.2 Å². The highest BCUT2D eigenvalue weighted by Crippen LogP contribution is 2.31. The Morgan fingerprint density at radius 3 is 2.51 bits per heavy atom. The summed E-state index contributed by atoms with van der Waals surface area (Å²) in [7, 11) is 1.29. The number of fused-ring (bicyclic) bond motifs is 1. The fourth-order valence-corrected chi connectivity index (χ4v) is 5.43. The summed E-state index contributed by atoms with van der Waals surface area (Å²) in [6.45, 7) is 0.568. The van der Waals surface area contributed by atoms with Crippen LogP contribution < -0.4 is 20.9 Å².